The van der Waals surface area contributed by atoms with Crippen molar-refractivity contribution in [2.75, 3.05) is 6.61 Å². The number of rotatable bonds is 0. The van der Waals surface area contributed by atoms with Crippen molar-refractivity contribution in [3.05, 3.63) is 0 Å². The highest BCUT2D eigenvalue weighted by atomic mass is 16.7. The Kier molecular flexibility index (Phi) is 1.08. The standard InChI is InChI=1S/C7H12O2/c1-4-5(2)7-8-3-6(4)9-7/h4-7H,3H2,1-2H3. The Labute approximate surface area is 55.1 Å². The first-order valence-corrected chi connectivity index (χ1v) is 3.56. The van der Waals surface area contributed by atoms with E-state index in [0.717, 1.165) is 6.61 Å². The van der Waals surface area contributed by atoms with Gasteiger partial charge in [-0.15, -0.1) is 0 Å². The number of hydrogen-bond donors (Lipinski definition) is 0. The topological polar surface area (TPSA) is 18.5 Å². The van der Waals surface area contributed by atoms with E-state index in [1.54, 1.807) is 0 Å². The predicted molar refractivity (Wildman–Crippen MR) is 32.9 cm³/mol. The normalized spacial score (nSPS) is 56.7. The van der Waals surface area contributed by atoms with Crippen LogP contribution in [0, 0.1) is 11.8 Å². The molecule has 9 heavy (non-hydrogen) atoms. The van der Waals surface area contributed by atoms with Gasteiger partial charge < -0.3 is 9.47 Å². The predicted octanol–water partition coefficient (Wildman–Crippen LogP) is 1.01. The second-order valence-corrected chi connectivity index (χ2v) is 3.09. The van der Waals surface area contributed by atoms with Crippen LogP contribution in [0.5, 0.6) is 0 Å². The van der Waals surface area contributed by atoms with E-state index in [9.17, 15) is 0 Å². The lowest BCUT2D eigenvalue weighted by Crippen LogP contribution is -2.27. The van der Waals surface area contributed by atoms with E-state index in [2.05, 4.69) is 13.8 Å². The molecule has 2 nitrogen and oxygen atoms in total. The Morgan fingerprint density at radius 2 is 2.00 bits per heavy atom. The molecule has 0 aromatic heterocycles. The van der Waals surface area contributed by atoms with E-state index in [0.29, 0.717) is 17.9 Å². The highest BCUT2D eigenvalue weighted by Gasteiger charge is 2.45. The van der Waals surface area contributed by atoms with Gasteiger partial charge in [-0.1, -0.05) is 13.8 Å². The lowest BCUT2D eigenvalue weighted by molar-refractivity contribution is -0.0554. The Balaban J connectivity index is 2.15. The maximum absolute atomic E-state index is 5.47. The van der Waals surface area contributed by atoms with Crippen molar-refractivity contribution in [1.29, 1.82) is 0 Å². The highest BCUT2D eigenvalue weighted by molar-refractivity contribution is 4.86. The maximum Gasteiger partial charge on any atom is 0.161 e. The molecule has 4 unspecified atom stereocenters. The van der Waals surface area contributed by atoms with Crippen LogP contribution in [0.25, 0.3) is 0 Å². The minimum absolute atomic E-state index is 0.116. The molecule has 2 heteroatoms. The molecule has 2 aliphatic heterocycles. The Bertz CT molecular complexity index is 106. The minimum atomic E-state index is 0.116. The zero-order chi connectivity index (χ0) is 6.43. The van der Waals surface area contributed by atoms with Crippen LogP contribution in [0.4, 0.5) is 0 Å². The molecule has 2 bridgehead atoms. The zero-order valence-corrected chi connectivity index (χ0v) is 5.83. The second-order valence-electron chi connectivity index (χ2n) is 3.09. The molecule has 0 radical (unpaired) electrons. The lowest BCUT2D eigenvalue weighted by Gasteiger charge is -2.20. The van der Waals surface area contributed by atoms with Crippen molar-refractivity contribution >= 4 is 0 Å². The number of fused-ring (bicyclic) bond motifs is 2. The smallest absolute Gasteiger partial charge is 0.161 e. The van der Waals surface area contributed by atoms with Gasteiger partial charge in [0.1, 0.15) is 0 Å². The van der Waals surface area contributed by atoms with Crippen LogP contribution in [-0.2, 0) is 9.47 Å². The summed E-state index contributed by atoms with van der Waals surface area (Å²) in [4.78, 5) is 0. The summed E-state index contributed by atoms with van der Waals surface area (Å²) >= 11 is 0. The fraction of sp³-hybridized carbons (Fsp3) is 1.00. The van der Waals surface area contributed by atoms with Gasteiger partial charge >= 0.3 is 0 Å². The molecule has 0 aromatic rings. The van der Waals surface area contributed by atoms with Crippen molar-refractivity contribution in [2.45, 2.75) is 26.2 Å². The van der Waals surface area contributed by atoms with Gasteiger partial charge in [0.15, 0.2) is 6.29 Å². The van der Waals surface area contributed by atoms with Crippen LogP contribution in [0.2, 0.25) is 0 Å². The SMILES string of the molecule is CC1C2COC(O2)C1C. The molecular weight excluding hydrogens is 116 g/mol. The van der Waals surface area contributed by atoms with E-state index in [4.69, 9.17) is 9.47 Å². The third kappa shape index (κ3) is 0.634. The van der Waals surface area contributed by atoms with Gasteiger partial charge in [-0.05, 0) is 5.92 Å². The van der Waals surface area contributed by atoms with Gasteiger partial charge in [-0.3, -0.25) is 0 Å². The molecule has 2 saturated heterocycles. The fourth-order valence-corrected chi connectivity index (χ4v) is 1.58. The summed E-state index contributed by atoms with van der Waals surface area (Å²) in [5.74, 6) is 1.30. The molecule has 2 heterocycles. The van der Waals surface area contributed by atoms with Crippen molar-refractivity contribution in [1.82, 2.24) is 0 Å². The first kappa shape index (κ1) is 5.69. The summed E-state index contributed by atoms with van der Waals surface area (Å²) in [5.41, 5.74) is 0. The molecule has 2 fully saturated rings. The highest BCUT2D eigenvalue weighted by Crippen LogP contribution is 2.37. The van der Waals surface area contributed by atoms with Crippen molar-refractivity contribution in [2.24, 2.45) is 11.8 Å². The summed E-state index contributed by atoms with van der Waals surface area (Å²) < 4.78 is 10.8. The Hall–Kier alpha value is -0.0800. The van der Waals surface area contributed by atoms with E-state index in [1.165, 1.54) is 0 Å². The van der Waals surface area contributed by atoms with E-state index >= 15 is 0 Å². The third-order valence-corrected chi connectivity index (χ3v) is 2.58. The minimum Gasteiger partial charge on any atom is -0.350 e. The summed E-state index contributed by atoms with van der Waals surface area (Å²) in [6.45, 7) is 5.24. The van der Waals surface area contributed by atoms with Crippen molar-refractivity contribution in [3.63, 3.8) is 0 Å². The van der Waals surface area contributed by atoms with Gasteiger partial charge in [0, 0.05) is 5.92 Å². The average molecular weight is 128 g/mol. The molecule has 0 saturated carbocycles. The van der Waals surface area contributed by atoms with E-state index in [1.807, 2.05) is 0 Å². The first-order valence-electron chi connectivity index (χ1n) is 3.56. The molecule has 4 atom stereocenters. The quantitative estimate of drug-likeness (QED) is 0.485. The van der Waals surface area contributed by atoms with Crippen LogP contribution in [-0.4, -0.2) is 19.0 Å². The summed E-state index contributed by atoms with van der Waals surface area (Å²) in [5, 5.41) is 0. The lowest BCUT2D eigenvalue weighted by atomic mass is 9.92. The van der Waals surface area contributed by atoms with Crippen LogP contribution in [0.15, 0.2) is 0 Å². The van der Waals surface area contributed by atoms with Gasteiger partial charge in [-0.2, -0.15) is 0 Å². The van der Waals surface area contributed by atoms with E-state index in [-0.39, 0.29) is 6.29 Å². The van der Waals surface area contributed by atoms with Crippen molar-refractivity contribution in [3.8, 4) is 0 Å². The molecule has 52 valence electrons. The molecule has 0 aliphatic carbocycles. The average Bonchev–Trinajstić information content (AvgIpc) is 2.37. The van der Waals surface area contributed by atoms with Gasteiger partial charge in [-0.25, -0.2) is 0 Å². The molecule has 2 aliphatic rings. The number of ether oxygens (including phenoxy) is 2. The zero-order valence-electron chi connectivity index (χ0n) is 5.83. The van der Waals surface area contributed by atoms with Crippen LogP contribution < -0.4 is 0 Å². The monoisotopic (exact) mass is 128 g/mol. The van der Waals surface area contributed by atoms with Gasteiger partial charge in [0.05, 0.1) is 12.7 Å². The van der Waals surface area contributed by atoms with E-state index < -0.39 is 0 Å². The van der Waals surface area contributed by atoms with Crippen LogP contribution in [0.3, 0.4) is 0 Å². The molecule has 0 N–H and O–H groups in total. The second kappa shape index (κ2) is 1.70. The van der Waals surface area contributed by atoms with Crippen molar-refractivity contribution < 1.29 is 9.47 Å². The number of hydrogen-bond acceptors (Lipinski definition) is 2. The summed E-state index contributed by atoms with van der Waals surface area (Å²) in [7, 11) is 0. The third-order valence-electron chi connectivity index (χ3n) is 2.58. The van der Waals surface area contributed by atoms with Gasteiger partial charge in [0.25, 0.3) is 0 Å². The Morgan fingerprint density at radius 3 is 2.33 bits per heavy atom. The first-order chi connectivity index (χ1) is 4.29. The van der Waals surface area contributed by atoms with Crippen LogP contribution >= 0.6 is 0 Å². The maximum atomic E-state index is 5.47. The molecule has 0 spiro atoms. The molecular formula is C7H12O2. The van der Waals surface area contributed by atoms with Gasteiger partial charge in [0.2, 0.25) is 0 Å². The van der Waals surface area contributed by atoms with Crippen LogP contribution in [0.1, 0.15) is 13.8 Å². The largest absolute Gasteiger partial charge is 0.350 e. The Morgan fingerprint density at radius 1 is 1.22 bits per heavy atom. The summed E-state index contributed by atoms with van der Waals surface area (Å²) in [6.07, 6.45) is 0.509. The summed E-state index contributed by atoms with van der Waals surface area (Å²) in [6, 6.07) is 0. The fourth-order valence-electron chi connectivity index (χ4n) is 1.58. The molecule has 0 amide bonds. The molecule has 2 rings (SSSR count). The molecule has 0 aromatic carbocycles.